The Balaban J connectivity index is 2.21. The molecular weight excluding hydrogens is 270 g/mol. The lowest BCUT2D eigenvalue weighted by molar-refractivity contribution is -0.130. The molecule has 6 heteroatoms. The van der Waals surface area contributed by atoms with E-state index in [0.29, 0.717) is 30.9 Å². The molecule has 1 aromatic rings. The third kappa shape index (κ3) is 3.33. The SMILES string of the molecule is CCNC(=O)C1COCCN1C(=O)c1ccc(C)c(N)c1. The van der Waals surface area contributed by atoms with Gasteiger partial charge in [0.25, 0.3) is 5.91 Å². The van der Waals surface area contributed by atoms with Gasteiger partial charge in [-0.1, -0.05) is 6.07 Å². The van der Waals surface area contributed by atoms with Gasteiger partial charge >= 0.3 is 0 Å². The van der Waals surface area contributed by atoms with Gasteiger partial charge in [0.2, 0.25) is 5.91 Å². The summed E-state index contributed by atoms with van der Waals surface area (Å²) in [7, 11) is 0. The fraction of sp³-hybridized carbons (Fsp3) is 0.467. The molecule has 0 spiro atoms. The average molecular weight is 291 g/mol. The summed E-state index contributed by atoms with van der Waals surface area (Å²) in [4.78, 5) is 26.2. The summed E-state index contributed by atoms with van der Waals surface area (Å²) < 4.78 is 5.33. The van der Waals surface area contributed by atoms with Crippen LogP contribution in [0.5, 0.6) is 0 Å². The van der Waals surface area contributed by atoms with Crippen molar-refractivity contribution in [1.29, 1.82) is 0 Å². The van der Waals surface area contributed by atoms with Crippen molar-refractivity contribution in [1.82, 2.24) is 10.2 Å². The fourth-order valence-corrected chi connectivity index (χ4v) is 2.30. The second-order valence-electron chi connectivity index (χ2n) is 5.06. The van der Waals surface area contributed by atoms with Crippen LogP contribution in [-0.2, 0) is 9.53 Å². The lowest BCUT2D eigenvalue weighted by atomic mass is 10.1. The maximum Gasteiger partial charge on any atom is 0.254 e. The Hall–Kier alpha value is -2.08. The molecule has 1 aromatic carbocycles. The second kappa shape index (κ2) is 6.58. The maximum absolute atomic E-state index is 12.6. The Kier molecular flexibility index (Phi) is 4.80. The molecule has 3 N–H and O–H groups in total. The Morgan fingerprint density at radius 2 is 2.24 bits per heavy atom. The predicted octanol–water partition coefficient (Wildman–Crippen LogP) is 0.554. The molecule has 0 saturated carbocycles. The third-order valence-corrected chi connectivity index (χ3v) is 3.57. The van der Waals surface area contributed by atoms with E-state index in [1.54, 1.807) is 17.0 Å². The molecule has 1 aliphatic rings. The number of morpholine rings is 1. The van der Waals surface area contributed by atoms with E-state index in [1.165, 1.54) is 0 Å². The largest absolute Gasteiger partial charge is 0.398 e. The van der Waals surface area contributed by atoms with Crippen LogP contribution in [0, 0.1) is 6.92 Å². The summed E-state index contributed by atoms with van der Waals surface area (Å²) in [5.41, 5.74) is 7.85. The van der Waals surface area contributed by atoms with E-state index in [0.717, 1.165) is 5.56 Å². The summed E-state index contributed by atoms with van der Waals surface area (Å²) in [6.07, 6.45) is 0. The zero-order valence-corrected chi connectivity index (χ0v) is 12.4. The first-order valence-electron chi connectivity index (χ1n) is 7.07. The van der Waals surface area contributed by atoms with Crippen molar-refractivity contribution in [3.8, 4) is 0 Å². The quantitative estimate of drug-likeness (QED) is 0.797. The molecule has 1 saturated heterocycles. The first-order chi connectivity index (χ1) is 10.0. The molecule has 114 valence electrons. The van der Waals surface area contributed by atoms with Crippen LogP contribution in [-0.4, -0.2) is 49.1 Å². The number of carbonyl (C=O) groups excluding carboxylic acids is 2. The standard InChI is InChI=1S/C15H21N3O3/c1-3-17-14(19)13-9-21-7-6-18(13)15(20)11-5-4-10(2)12(16)8-11/h4-5,8,13H,3,6-7,9,16H2,1-2H3,(H,17,19). The summed E-state index contributed by atoms with van der Waals surface area (Å²) >= 11 is 0. The molecule has 21 heavy (non-hydrogen) atoms. The van der Waals surface area contributed by atoms with Crippen molar-refractivity contribution in [2.24, 2.45) is 0 Å². The highest BCUT2D eigenvalue weighted by Crippen LogP contribution is 2.17. The van der Waals surface area contributed by atoms with E-state index in [2.05, 4.69) is 5.32 Å². The number of nitrogens with one attached hydrogen (secondary N) is 1. The van der Waals surface area contributed by atoms with Crippen molar-refractivity contribution < 1.29 is 14.3 Å². The Morgan fingerprint density at radius 3 is 2.90 bits per heavy atom. The number of nitrogens with two attached hydrogens (primary N) is 1. The number of hydrogen-bond acceptors (Lipinski definition) is 4. The minimum Gasteiger partial charge on any atom is -0.398 e. The summed E-state index contributed by atoms with van der Waals surface area (Å²) in [6.45, 7) is 5.30. The van der Waals surface area contributed by atoms with Gasteiger partial charge in [-0.15, -0.1) is 0 Å². The number of benzene rings is 1. The Labute approximate surface area is 124 Å². The van der Waals surface area contributed by atoms with Gasteiger partial charge in [0.15, 0.2) is 0 Å². The van der Waals surface area contributed by atoms with Crippen molar-refractivity contribution in [2.75, 3.05) is 32.0 Å². The minimum atomic E-state index is -0.589. The van der Waals surface area contributed by atoms with Gasteiger partial charge in [-0.3, -0.25) is 9.59 Å². The van der Waals surface area contributed by atoms with E-state index in [-0.39, 0.29) is 18.4 Å². The molecule has 2 amide bonds. The number of nitrogens with zero attached hydrogens (tertiary/aromatic N) is 1. The smallest absolute Gasteiger partial charge is 0.254 e. The zero-order valence-electron chi connectivity index (χ0n) is 12.4. The van der Waals surface area contributed by atoms with Crippen LogP contribution in [0.3, 0.4) is 0 Å². The molecule has 1 unspecified atom stereocenters. The van der Waals surface area contributed by atoms with E-state index in [9.17, 15) is 9.59 Å². The summed E-state index contributed by atoms with van der Waals surface area (Å²) in [5.74, 6) is -0.383. The first kappa shape index (κ1) is 15.3. The molecule has 1 fully saturated rings. The fourth-order valence-electron chi connectivity index (χ4n) is 2.30. The van der Waals surface area contributed by atoms with Crippen LogP contribution >= 0.6 is 0 Å². The summed E-state index contributed by atoms with van der Waals surface area (Å²) in [6, 6.07) is 4.61. The lowest BCUT2D eigenvalue weighted by Gasteiger charge is -2.34. The predicted molar refractivity (Wildman–Crippen MR) is 79.9 cm³/mol. The average Bonchev–Trinajstić information content (AvgIpc) is 2.49. The summed E-state index contributed by atoms with van der Waals surface area (Å²) in [5, 5.41) is 2.73. The molecule has 1 atom stereocenters. The minimum absolute atomic E-state index is 0.189. The molecule has 6 nitrogen and oxygen atoms in total. The van der Waals surface area contributed by atoms with Crippen LogP contribution in [0.4, 0.5) is 5.69 Å². The van der Waals surface area contributed by atoms with E-state index < -0.39 is 6.04 Å². The third-order valence-electron chi connectivity index (χ3n) is 3.57. The highest BCUT2D eigenvalue weighted by Gasteiger charge is 2.33. The molecule has 1 heterocycles. The number of ether oxygens (including phenoxy) is 1. The number of aryl methyl sites for hydroxylation is 1. The zero-order chi connectivity index (χ0) is 15.4. The van der Waals surface area contributed by atoms with Crippen molar-refractivity contribution in [2.45, 2.75) is 19.9 Å². The highest BCUT2D eigenvalue weighted by atomic mass is 16.5. The van der Waals surface area contributed by atoms with Gasteiger partial charge in [-0.2, -0.15) is 0 Å². The first-order valence-corrected chi connectivity index (χ1v) is 7.07. The number of amides is 2. The Morgan fingerprint density at radius 1 is 1.48 bits per heavy atom. The normalized spacial score (nSPS) is 18.4. The number of carbonyl (C=O) groups is 2. The number of rotatable bonds is 3. The van der Waals surface area contributed by atoms with Crippen LogP contribution < -0.4 is 11.1 Å². The van der Waals surface area contributed by atoms with Crippen LogP contribution in [0.25, 0.3) is 0 Å². The van der Waals surface area contributed by atoms with Crippen molar-refractivity contribution in [3.63, 3.8) is 0 Å². The number of anilines is 1. The van der Waals surface area contributed by atoms with Gasteiger partial charge in [-0.05, 0) is 31.5 Å². The second-order valence-corrected chi connectivity index (χ2v) is 5.06. The van der Waals surface area contributed by atoms with Crippen LogP contribution in [0.15, 0.2) is 18.2 Å². The van der Waals surface area contributed by atoms with Gasteiger partial charge in [0.1, 0.15) is 6.04 Å². The lowest BCUT2D eigenvalue weighted by Crippen LogP contribution is -2.55. The van der Waals surface area contributed by atoms with Gasteiger partial charge in [0.05, 0.1) is 13.2 Å². The van der Waals surface area contributed by atoms with Gasteiger partial charge in [0, 0.05) is 24.3 Å². The van der Waals surface area contributed by atoms with Crippen LogP contribution in [0.1, 0.15) is 22.8 Å². The topological polar surface area (TPSA) is 84.7 Å². The van der Waals surface area contributed by atoms with E-state index in [4.69, 9.17) is 10.5 Å². The molecule has 1 aliphatic heterocycles. The van der Waals surface area contributed by atoms with Crippen molar-refractivity contribution in [3.05, 3.63) is 29.3 Å². The van der Waals surface area contributed by atoms with E-state index >= 15 is 0 Å². The molecule has 0 radical (unpaired) electrons. The van der Waals surface area contributed by atoms with E-state index in [1.807, 2.05) is 19.9 Å². The van der Waals surface area contributed by atoms with Gasteiger partial charge < -0.3 is 20.7 Å². The van der Waals surface area contributed by atoms with Crippen LogP contribution in [0.2, 0.25) is 0 Å². The number of nitrogen functional groups attached to an aromatic ring is 1. The molecular formula is C15H21N3O3. The molecule has 0 aliphatic carbocycles. The number of hydrogen-bond donors (Lipinski definition) is 2. The maximum atomic E-state index is 12.6. The molecule has 2 rings (SSSR count). The molecule has 0 bridgehead atoms. The van der Waals surface area contributed by atoms with Crippen molar-refractivity contribution >= 4 is 17.5 Å². The highest BCUT2D eigenvalue weighted by molar-refractivity contribution is 5.98. The number of likely N-dealkylation sites (N-methyl/N-ethyl adjacent to an activating group) is 1. The Bertz CT molecular complexity index is 545. The molecule has 0 aromatic heterocycles. The van der Waals surface area contributed by atoms with Gasteiger partial charge in [-0.25, -0.2) is 0 Å². The monoisotopic (exact) mass is 291 g/mol.